The van der Waals surface area contributed by atoms with Crippen molar-refractivity contribution in [3.05, 3.63) is 29.1 Å². The number of ether oxygens (including phenoxy) is 2. The van der Waals surface area contributed by atoms with Gasteiger partial charge in [-0.15, -0.1) is 11.8 Å². The summed E-state index contributed by atoms with van der Waals surface area (Å²) in [4.78, 5) is 9.53. The van der Waals surface area contributed by atoms with E-state index in [1.807, 2.05) is 0 Å². The second kappa shape index (κ2) is 8.15. The Morgan fingerprint density at radius 3 is 2.87 bits per heavy atom. The first-order valence-electron chi connectivity index (χ1n) is 7.81. The minimum atomic E-state index is 0.677. The third-order valence-corrected chi connectivity index (χ3v) is 5.55. The van der Waals surface area contributed by atoms with Crippen molar-refractivity contribution in [3.63, 3.8) is 0 Å². The molecule has 4 nitrogen and oxygen atoms in total. The standard InChI is InChI=1S/C17H22N2O2S2/c1-13-16(14-5-3-4-6-15(14)22-2)18-17(23-13)21-12-9-19-7-10-20-11-8-19/h3-6H,7-12H2,1-2H3. The third kappa shape index (κ3) is 4.26. The molecule has 0 unspecified atom stereocenters. The van der Waals surface area contributed by atoms with E-state index in [1.165, 1.54) is 15.3 Å². The van der Waals surface area contributed by atoms with E-state index in [1.54, 1.807) is 23.1 Å². The van der Waals surface area contributed by atoms with E-state index in [2.05, 4.69) is 42.3 Å². The maximum Gasteiger partial charge on any atom is 0.274 e. The summed E-state index contributed by atoms with van der Waals surface area (Å²) in [7, 11) is 0. The summed E-state index contributed by atoms with van der Waals surface area (Å²) in [6, 6.07) is 8.40. The molecule has 124 valence electrons. The molecule has 2 aromatic rings. The Morgan fingerprint density at radius 1 is 1.30 bits per heavy atom. The number of aromatic nitrogens is 1. The lowest BCUT2D eigenvalue weighted by molar-refractivity contribution is 0.0322. The van der Waals surface area contributed by atoms with Crippen molar-refractivity contribution in [2.24, 2.45) is 0 Å². The van der Waals surface area contributed by atoms with Crippen LogP contribution in [0.25, 0.3) is 11.3 Å². The molecule has 1 aromatic carbocycles. The third-order valence-electron chi connectivity index (χ3n) is 3.88. The number of aryl methyl sites for hydroxylation is 1. The fourth-order valence-corrected chi connectivity index (χ4v) is 4.00. The van der Waals surface area contributed by atoms with E-state index in [-0.39, 0.29) is 0 Å². The Labute approximate surface area is 145 Å². The average molecular weight is 351 g/mol. The molecule has 0 spiro atoms. The van der Waals surface area contributed by atoms with E-state index in [4.69, 9.17) is 14.5 Å². The molecule has 1 aliphatic rings. The summed E-state index contributed by atoms with van der Waals surface area (Å²) in [5, 5.41) is 0.765. The van der Waals surface area contributed by atoms with Gasteiger partial charge in [-0.3, -0.25) is 4.90 Å². The average Bonchev–Trinajstić information content (AvgIpc) is 2.96. The van der Waals surface area contributed by atoms with Crippen LogP contribution in [0.2, 0.25) is 0 Å². The second-order valence-electron chi connectivity index (χ2n) is 5.39. The molecular formula is C17H22N2O2S2. The lowest BCUT2D eigenvalue weighted by Gasteiger charge is -2.26. The number of hydrogen-bond acceptors (Lipinski definition) is 6. The molecule has 1 aromatic heterocycles. The molecule has 0 amide bonds. The Bertz CT molecular complexity index is 639. The highest BCUT2D eigenvalue weighted by atomic mass is 32.2. The highest BCUT2D eigenvalue weighted by molar-refractivity contribution is 7.98. The number of hydrogen-bond donors (Lipinski definition) is 0. The normalized spacial score (nSPS) is 15.7. The van der Waals surface area contributed by atoms with Crippen LogP contribution in [0.4, 0.5) is 0 Å². The maximum atomic E-state index is 5.88. The molecule has 0 bridgehead atoms. The van der Waals surface area contributed by atoms with Gasteiger partial charge >= 0.3 is 0 Å². The van der Waals surface area contributed by atoms with Gasteiger partial charge in [-0.2, -0.15) is 0 Å². The van der Waals surface area contributed by atoms with Crippen molar-refractivity contribution in [2.45, 2.75) is 11.8 Å². The van der Waals surface area contributed by atoms with Crippen LogP contribution in [0.15, 0.2) is 29.2 Å². The number of benzene rings is 1. The molecule has 1 fully saturated rings. The van der Waals surface area contributed by atoms with Crippen molar-refractivity contribution in [2.75, 3.05) is 45.7 Å². The van der Waals surface area contributed by atoms with Crippen molar-refractivity contribution in [1.82, 2.24) is 9.88 Å². The smallest absolute Gasteiger partial charge is 0.274 e. The van der Waals surface area contributed by atoms with Crippen molar-refractivity contribution < 1.29 is 9.47 Å². The number of thioether (sulfide) groups is 1. The summed E-state index contributed by atoms with van der Waals surface area (Å²) in [5.74, 6) is 0. The highest BCUT2D eigenvalue weighted by Crippen LogP contribution is 2.36. The van der Waals surface area contributed by atoms with Crippen LogP contribution in [0.1, 0.15) is 4.88 Å². The molecule has 23 heavy (non-hydrogen) atoms. The molecule has 0 radical (unpaired) electrons. The maximum absolute atomic E-state index is 5.88. The van der Waals surface area contributed by atoms with Crippen LogP contribution in [0.3, 0.4) is 0 Å². The summed E-state index contributed by atoms with van der Waals surface area (Å²) in [6.07, 6.45) is 2.10. The van der Waals surface area contributed by atoms with Crippen LogP contribution < -0.4 is 4.74 Å². The first-order valence-corrected chi connectivity index (χ1v) is 9.86. The fraction of sp³-hybridized carbons (Fsp3) is 0.471. The minimum Gasteiger partial charge on any atom is -0.469 e. The number of rotatable bonds is 6. The van der Waals surface area contributed by atoms with Crippen LogP contribution in [0, 0.1) is 6.92 Å². The molecule has 1 aliphatic heterocycles. The lowest BCUT2D eigenvalue weighted by atomic mass is 10.1. The number of thiazole rings is 1. The molecule has 1 saturated heterocycles. The van der Waals surface area contributed by atoms with Crippen LogP contribution in [0.5, 0.6) is 5.19 Å². The monoisotopic (exact) mass is 350 g/mol. The fourth-order valence-electron chi connectivity index (χ4n) is 2.61. The predicted octanol–water partition coefficient (Wildman–Crippen LogP) is 3.55. The molecule has 3 rings (SSSR count). The quantitative estimate of drug-likeness (QED) is 0.745. The van der Waals surface area contributed by atoms with Gasteiger partial charge in [0.05, 0.1) is 18.9 Å². The van der Waals surface area contributed by atoms with Crippen LogP contribution in [-0.4, -0.2) is 55.6 Å². The van der Waals surface area contributed by atoms with Gasteiger partial charge in [0.25, 0.3) is 5.19 Å². The van der Waals surface area contributed by atoms with Crippen molar-refractivity contribution in [1.29, 1.82) is 0 Å². The molecule has 0 atom stereocenters. The zero-order valence-electron chi connectivity index (χ0n) is 13.6. The second-order valence-corrected chi connectivity index (χ2v) is 7.40. The SMILES string of the molecule is CSc1ccccc1-c1nc(OCCN2CCOCC2)sc1C. The van der Waals surface area contributed by atoms with Crippen LogP contribution >= 0.6 is 23.1 Å². The van der Waals surface area contributed by atoms with E-state index in [0.29, 0.717) is 6.61 Å². The van der Waals surface area contributed by atoms with Gasteiger partial charge in [-0.1, -0.05) is 29.5 Å². The van der Waals surface area contributed by atoms with E-state index >= 15 is 0 Å². The zero-order chi connectivity index (χ0) is 16.1. The lowest BCUT2D eigenvalue weighted by Crippen LogP contribution is -2.38. The van der Waals surface area contributed by atoms with Gasteiger partial charge in [-0.25, -0.2) is 4.98 Å². The zero-order valence-corrected chi connectivity index (χ0v) is 15.2. The van der Waals surface area contributed by atoms with E-state index < -0.39 is 0 Å². The Kier molecular flexibility index (Phi) is 5.94. The Hall–Kier alpha value is -1.08. The van der Waals surface area contributed by atoms with Crippen molar-refractivity contribution in [3.8, 4) is 16.5 Å². The first-order chi connectivity index (χ1) is 11.3. The van der Waals surface area contributed by atoms with E-state index in [9.17, 15) is 0 Å². The van der Waals surface area contributed by atoms with Gasteiger partial charge in [0.1, 0.15) is 6.61 Å². The molecule has 2 heterocycles. The van der Waals surface area contributed by atoms with Gasteiger partial charge < -0.3 is 9.47 Å². The topological polar surface area (TPSA) is 34.6 Å². The summed E-state index contributed by atoms with van der Waals surface area (Å²) in [5.41, 5.74) is 2.23. The predicted molar refractivity (Wildman–Crippen MR) is 96.8 cm³/mol. The van der Waals surface area contributed by atoms with Crippen LogP contribution in [-0.2, 0) is 4.74 Å². The molecular weight excluding hydrogens is 328 g/mol. The van der Waals surface area contributed by atoms with Gasteiger partial charge in [0, 0.05) is 35.0 Å². The first kappa shape index (κ1) is 16.8. The largest absolute Gasteiger partial charge is 0.469 e. The van der Waals surface area contributed by atoms with Gasteiger partial charge in [-0.05, 0) is 19.2 Å². The Balaban J connectivity index is 1.64. The molecule has 6 heteroatoms. The molecule has 0 saturated carbocycles. The number of nitrogens with zero attached hydrogens (tertiary/aromatic N) is 2. The number of morpholine rings is 1. The summed E-state index contributed by atoms with van der Waals surface area (Å²) in [6.45, 7) is 7.35. The summed E-state index contributed by atoms with van der Waals surface area (Å²) < 4.78 is 11.2. The van der Waals surface area contributed by atoms with E-state index in [0.717, 1.165) is 43.7 Å². The molecule has 0 aliphatic carbocycles. The van der Waals surface area contributed by atoms with Gasteiger partial charge in [0.2, 0.25) is 0 Å². The van der Waals surface area contributed by atoms with Crippen molar-refractivity contribution >= 4 is 23.1 Å². The summed E-state index contributed by atoms with van der Waals surface area (Å²) >= 11 is 3.38. The highest BCUT2D eigenvalue weighted by Gasteiger charge is 2.14. The molecule has 0 N–H and O–H groups in total. The minimum absolute atomic E-state index is 0.677. The van der Waals surface area contributed by atoms with Gasteiger partial charge in [0.15, 0.2) is 0 Å². The Morgan fingerprint density at radius 2 is 2.09 bits per heavy atom.